The molecule has 1 unspecified atom stereocenters. The van der Waals surface area contributed by atoms with E-state index in [-0.39, 0.29) is 6.10 Å². The highest BCUT2D eigenvalue weighted by Crippen LogP contribution is 2.33. The quantitative estimate of drug-likeness (QED) is 0.843. The van der Waals surface area contributed by atoms with Gasteiger partial charge in [-0.1, -0.05) is 6.07 Å². The first-order valence-corrected chi connectivity index (χ1v) is 7.58. The van der Waals surface area contributed by atoms with E-state index in [4.69, 9.17) is 4.74 Å². The summed E-state index contributed by atoms with van der Waals surface area (Å²) in [5, 5.41) is 0. The summed E-state index contributed by atoms with van der Waals surface area (Å²) in [5.74, 6) is 0. The van der Waals surface area contributed by atoms with Gasteiger partial charge in [-0.15, -0.1) is 0 Å². The maximum Gasteiger partial charge on any atom is 0.293 e. The molecule has 0 saturated carbocycles. The molecule has 18 heavy (non-hydrogen) atoms. The van der Waals surface area contributed by atoms with Crippen LogP contribution < -0.4 is 4.72 Å². The Balaban J connectivity index is 2.29. The van der Waals surface area contributed by atoms with Gasteiger partial charge in [0.25, 0.3) is 6.47 Å². The molecule has 1 aliphatic rings. The molecule has 1 aliphatic carbocycles. The van der Waals surface area contributed by atoms with E-state index in [9.17, 15) is 13.2 Å². The lowest BCUT2D eigenvalue weighted by atomic mass is 9.89. The Morgan fingerprint density at radius 3 is 2.89 bits per heavy atom. The lowest BCUT2D eigenvalue weighted by molar-refractivity contribution is -0.134. The maximum atomic E-state index is 11.2. The summed E-state index contributed by atoms with van der Waals surface area (Å²) in [6, 6.07) is 5.30. The molecule has 0 fully saturated rings. The highest BCUT2D eigenvalue weighted by Gasteiger charge is 2.21. The summed E-state index contributed by atoms with van der Waals surface area (Å²) in [4.78, 5) is 10.4. The topological polar surface area (TPSA) is 72.5 Å². The van der Waals surface area contributed by atoms with Gasteiger partial charge in [0, 0.05) is 5.69 Å². The number of benzene rings is 1. The summed E-state index contributed by atoms with van der Waals surface area (Å²) in [7, 11) is -3.26. The highest BCUT2D eigenvalue weighted by molar-refractivity contribution is 7.92. The molecule has 1 aromatic rings. The SMILES string of the molecule is CS(=O)(=O)Nc1ccc2c(c1)CCCC2OC=O. The van der Waals surface area contributed by atoms with Gasteiger partial charge in [-0.05, 0) is 42.5 Å². The van der Waals surface area contributed by atoms with E-state index in [1.54, 1.807) is 12.1 Å². The van der Waals surface area contributed by atoms with Crippen molar-refractivity contribution in [3.05, 3.63) is 29.3 Å². The van der Waals surface area contributed by atoms with E-state index >= 15 is 0 Å². The molecular formula is C12H15NO4S. The number of anilines is 1. The van der Waals surface area contributed by atoms with E-state index in [0.717, 1.165) is 36.6 Å². The van der Waals surface area contributed by atoms with Crippen molar-refractivity contribution >= 4 is 22.2 Å². The highest BCUT2D eigenvalue weighted by atomic mass is 32.2. The Bertz CT molecular complexity index is 553. The molecule has 0 amide bonds. The molecule has 0 heterocycles. The van der Waals surface area contributed by atoms with E-state index < -0.39 is 10.0 Å². The van der Waals surface area contributed by atoms with Crippen LogP contribution >= 0.6 is 0 Å². The predicted octanol–water partition coefficient (Wildman–Crippen LogP) is 1.61. The van der Waals surface area contributed by atoms with Crippen LogP contribution in [0.1, 0.15) is 30.1 Å². The van der Waals surface area contributed by atoms with Crippen LogP contribution in [0, 0.1) is 0 Å². The number of ether oxygens (including phenoxy) is 1. The van der Waals surface area contributed by atoms with Crippen LogP contribution in [-0.2, 0) is 26.0 Å². The molecule has 1 atom stereocenters. The minimum Gasteiger partial charge on any atom is -0.460 e. The molecule has 6 heteroatoms. The Kier molecular flexibility index (Phi) is 3.56. The van der Waals surface area contributed by atoms with Crippen molar-refractivity contribution in [1.29, 1.82) is 0 Å². The second kappa shape index (κ2) is 4.97. The number of carbonyl (C=O) groups excluding carboxylic acids is 1. The predicted molar refractivity (Wildman–Crippen MR) is 67.7 cm³/mol. The summed E-state index contributed by atoms with van der Waals surface area (Å²) in [6.45, 7) is 0.461. The fraction of sp³-hybridized carbons (Fsp3) is 0.417. The second-order valence-electron chi connectivity index (χ2n) is 4.40. The van der Waals surface area contributed by atoms with Crippen molar-refractivity contribution in [3.63, 3.8) is 0 Å². The van der Waals surface area contributed by atoms with Gasteiger partial charge >= 0.3 is 0 Å². The van der Waals surface area contributed by atoms with Crippen LogP contribution in [0.4, 0.5) is 5.69 Å². The first-order chi connectivity index (χ1) is 8.49. The number of rotatable bonds is 4. The van der Waals surface area contributed by atoms with E-state index in [1.165, 1.54) is 0 Å². The zero-order valence-corrected chi connectivity index (χ0v) is 10.9. The summed E-state index contributed by atoms with van der Waals surface area (Å²) in [5.41, 5.74) is 2.54. The fourth-order valence-electron chi connectivity index (χ4n) is 2.26. The molecule has 0 aromatic heterocycles. The molecular weight excluding hydrogens is 254 g/mol. The molecule has 0 spiro atoms. The van der Waals surface area contributed by atoms with Crippen LogP contribution in [-0.4, -0.2) is 21.1 Å². The van der Waals surface area contributed by atoms with Gasteiger partial charge in [-0.25, -0.2) is 8.42 Å². The molecule has 5 nitrogen and oxygen atoms in total. The molecule has 0 bridgehead atoms. The third kappa shape index (κ3) is 3.01. The van der Waals surface area contributed by atoms with Gasteiger partial charge in [-0.2, -0.15) is 0 Å². The van der Waals surface area contributed by atoms with E-state index in [2.05, 4.69) is 4.72 Å². The van der Waals surface area contributed by atoms with Crippen molar-refractivity contribution in [2.24, 2.45) is 0 Å². The number of carbonyl (C=O) groups is 1. The van der Waals surface area contributed by atoms with Gasteiger partial charge in [0.15, 0.2) is 0 Å². The number of nitrogens with one attached hydrogen (secondary N) is 1. The van der Waals surface area contributed by atoms with Crippen LogP contribution in [0.25, 0.3) is 0 Å². The first-order valence-electron chi connectivity index (χ1n) is 5.69. The number of aryl methyl sites for hydroxylation is 1. The third-order valence-electron chi connectivity index (χ3n) is 2.93. The van der Waals surface area contributed by atoms with Gasteiger partial charge in [0.05, 0.1) is 6.26 Å². The average Bonchev–Trinajstić information content (AvgIpc) is 2.27. The zero-order valence-electron chi connectivity index (χ0n) is 10.0. The monoisotopic (exact) mass is 269 g/mol. The van der Waals surface area contributed by atoms with Crippen molar-refractivity contribution in [2.75, 3.05) is 11.0 Å². The zero-order chi connectivity index (χ0) is 13.2. The summed E-state index contributed by atoms with van der Waals surface area (Å²) in [6.07, 6.45) is 3.51. The number of hydrogen-bond donors (Lipinski definition) is 1. The molecule has 98 valence electrons. The van der Waals surface area contributed by atoms with E-state index in [0.29, 0.717) is 12.2 Å². The first kappa shape index (κ1) is 12.9. The Hall–Kier alpha value is -1.56. The molecule has 2 rings (SSSR count). The molecule has 1 N–H and O–H groups in total. The van der Waals surface area contributed by atoms with Crippen LogP contribution in [0.3, 0.4) is 0 Å². The van der Waals surface area contributed by atoms with Gasteiger partial charge < -0.3 is 4.74 Å². The molecule has 1 aromatic carbocycles. The average molecular weight is 269 g/mol. The lowest BCUT2D eigenvalue weighted by Gasteiger charge is -2.24. The van der Waals surface area contributed by atoms with Crippen molar-refractivity contribution < 1.29 is 17.9 Å². The molecule has 0 saturated heterocycles. The summed E-state index contributed by atoms with van der Waals surface area (Å²) < 4.78 is 29.8. The number of sulfonamides is 1. The minimum atomic E-state index is -3.26. The molecule has 0 aliphatic heterocycles. The van der Waals surface area contributed by atoms with Gasteiger partial charge in [-0.3, -0.25) is 9.52 Å². The maximum absolute atomic E-state index is 11.2. The van der Waals surface area contributed by atoms with E-state index in [1.807, 2.05) is 6.07 Å². The van der Waals surface area contributed by atoms with Crippen LogP contribution in [0.5, 0.6) is 0 Å². The van der Waals surface area contributed by atoms with Gasteiger partial charge in [0.1, 0.15) is 6.10 Å². The smallest absolute Gasteiger partial charge is 0.293 e. The normalized spacial score (nSPS) is 18.8. The van der Waals surface area contributed by atoms with Crippen molar-refractivity contribution in [3.8, 4) is 0 Å². The van der Waals surface area contributed by atoms with Crippen LogP contribution in [0.2, 0.25) is 0 Å². The summed E-state index contributed by atoms with van der Waals surface area (Å²) >= 11 is 0. The fourth-order valence-corrected chi connectivity index (χ4v) is 2.81. The Labute approximate surface area is 106 Å². The van der Waals surface area contributed by atoms with Crippen molar-refractivity contribution in [1.82, 2.24) is 0 Å². The number of fused-ring (bicyclic) bond motifs is 1. The van der Waals surface area contributed by atoms with Crippen LogP contribution in [0.15, 0.2) is 18.2 Å². The standard InChI is InChI=1S/C12H15NO4S/c1-18(15,16)13-10-5-6-11-9(7-10)3-2-4-12(11)17-8-14/h5-8,12-13H,2-4H2,1H3. The number of hydrogen-bond acceptors (Lipinski definition) is 4. The van der Waals surface area contributed by atoms with Crippen molar-refractivity contribution in [2.45, 2.75) is 25.4 Å². The lowest BCUT2D eigenvalue weighted by Crippen LogP contribution is -2.14. The second-order valence-corrected chi connectivity index (χ2v) is 6.15. The minimum absolute atomic E-state index is 0.210. The largest absolute Gasteiger partial charge is 0.460 e. The van der Waals surface area contributed by atoms with Gasteiger partial charge in [0.2, 0.25) is 10.0 Å². The molecule has 0 radical (unpaired) electrons. The Morgan fingerprint density at radius 2 is 2.22 bits per heavy atom. The third-order valence-corrected chi connectivity index (χ3v) is 3.53. The Morgan fingerprint density at radius 1 is 1.44 bits per heavy atom.